The maximum atomic E-state index is 12.7. The Kier molecular flexibility index (Phi) is 5.24. The lowest BCUT2D eigenvalue weighted by Crippen LogP contribution is -2.38. The molecular formula is C15H16FN3O3. The van der Waals surface area contributed by atoms with Crippen molar-refractivity contribution in [2.45, 2.75) is 13.0 Å². The Labute approximate surface area is 126 Å². The van der Waals surface area contributed by atoms with E-state index in [1.165, 1.54) is 42.6 Å². The summed E-state index contributed by atoms with van der Waals surface area (Å²) in [7, 11) is 0. The summed E-state index contributed by atoms with van der Waals surface area (Å²) < 4.78 is 19.2. The lowest BCUT2D eigenvalue weighted by Gasteiger charge is -2.13. The minimum atomic E-state index is -0.709. The summed E-state index contributed by atoms with van der Waals surface area (Å²) in [5.74, 6) is -0.150. The fourth-order valence-electron chi connectivity index (χ4n) is 1.79. The fourth-order valence-corrected chi connectivity index (χ4v) is 1.79. The highest BCUT2D eigenvalue weighted by Crippen LogP contribution is 2.10. The van der Waals surface area contributed by atoms with Crippen LogP contribution in [0.25, 0.3) is 0 Å². The van der Waals surface area contributed by atoms with Gasteiger partial charge in [-0.1, -0.05) is 0 Å². The van der Waals surface area contributed by atoms with E-state index in [1.54, 1.807) is 6.92 Å². The van der Waals surface area contributed by atoms with E-state index < -0.39 is 6.04 Å². The van der Waals surface area contributed by atoms with Crippen LogP contribution in [0.3, 0.4) is 0 Å². The molecule has 116 valence electrons. The Bertz CT molecular complexity index is 685. The molecule has 1 N–H and O–H groups in total. The molecular weight excluding hydrogens is 289 g/mol. The Morgan fingerprint density at radius 2 is 2.09 bits per heavy atom. The first kappa shape index (κ1) is 15.7. The van der Waals surface area contributed by atoms with Crippen LogP contribution in [0.1, 0.15) is 13.0 Å². The number of carbonyl (C=O) groups is 1. The van der Waals surface area contributed by atoms with Gasteiger partial charge < -0.3 is 10.1 Å². The van der Waals surface area contributed by atoms with E-state index in [4.69, 9.17) is 4.74 Å². The first-order valence-electron chi connectivity index (χ1n) is 6.78. The number of nitrogens with zero attached hydrogens (tertiary/aromatic N) is 2. The second-order valence-electron chi connectivity index (χ2n) is 4.58. The summed E-state index contributed by atoms with van der Waals surface area (Å²) in [6, 6.07) is 7.75. The maximum absolute atomic E-state index is 12.7. The molecule has 0 aliphatic heterocycles. The third-order valence-electron chi connectivity index (χ3n) is 2.97. The molecule has 0 saturated heterocycles. The van der Waals surface area contributed by atoms with Gasteiger partial charge in [0, 0.05) is 12.3 Å². The smallest absolute Gasteiger partial charge is 0.267 e. The van der Waals surface area contributed by atoms with Crippen molar-refractivity contribution in [3.63, 3.8) is 0 Å². The number of hydrogen-bond acceptors (Lipinski definition) is 4. The number of aromatic nitrogens is 2. The Balaban J connectivity index is 1.79. The minimum Gasteiger partial charge on any atom is -0.492 e. The van der Waals surface area contributed by atoms with Gasteiger partial charge in [0.15, 0.2) is 0 Å². The molecule has 1 amide bonds. The van der Waals surface area contributed by atoms with E-state index in [0.717, 1.165) is 4.68 Å². The maximum Gasteiger partial charge on any atom is 0.267 e. The molecule has 1 atom stereocenters. The predicted octanol–water partition coefficient (Wildman–Crippen LogP) is 1.14. The van der Waals surface area contributed by atoms with Crippen LogP contribution in [0, 0.1) is 5.82 Å². The van der Waals surface area contributed by atoms with Crippen LogP contribution in [0.15, 0.2) is 47.4 Å². The molecule has 6 nitrogen and oxygen atoms in total. The first-order valence-corrected chi connectivity index (χ1v) is 6.78. The van der Waals surface area contributed by atoms with Crippen molar-refractivity contribution in [3.8, 4) is 5.75 Å². The van der Waals surface area contributed by atoms with Crippen molar-refractivity contribution in [2.24, 2.45) is 0 Å². The third kappa shape index (κ3) is 4.15. The summed E-state index contributed by atoms with van der Waals surface area (Å²) >= 11 is 0. The fraction of sp³-hybridized carbons (Fsp3) is 0.267. The number of ether oxygens (including phenoxy) is 1. The van der Waals surface area contributed by atoms with Crippen LogP contribution in [0.4, 0.5) is 4.39 Å². The van der Waals surface area contributed by atoms with Gasteiger partial charge >= 0.3 is 0 Å². The molecule has 0 fully saturated rings. The highest BCUT2D eigenvalue weighted by molar-refractivity contribution is 5.79. The zero-order valence-electron chi connectivity index (χ0n) is 12.0. The van der Waals surface area contributed by atoms with Gasteiger partial charge in [-0.05, 0) is 37.3 Å². The first-order chi connectivity index (χ1) is 10.6. The Morgan fingerprint density at radius 1 is 1.36 bits per heavy atom. The predicted molar refractivity (Wildman–Crippen MR) is 78.1 cm³/mol. The number of benzene rings is 1. The average Bonchev–Trinajstić information content (AvgIpc) is 2.53. The summed E-state index contributed by atoms with van der Waals surface area (Å²) in [6.07, 6.45) is 1.45. The molecule has 22 heavy (non-hydrogen) atoms. The van der Waals surface area contributed by atoms with E-state index in [-0.39, 0.29) is 30.4 Å². The number of rotatable bonds is 6. The van der Waals surface area contributed by atoms with Crippen LogP contribution < -0.4 is 15.6 Å². The van der Waals surface area contributed by atoms with E-state index in [2.05, 4.69) is 10.4 Å². The number of nitrogens with one attached hydrogen (secondary N) is 1. The lowest BCUT2D eigenvalue weighted by molar-refractivity contribution is -0.124. The topological polar surface area (TPSA) is 73.2 Å². The molecule has 0 aliphatic rings. The third-order valence-corrected chi connectivity index (χ3v) is 2.97. The van der Waals surface area contributed by atoms with Crippen LogP contribution in [-0.4, -0.2) is 28.8 Å². The van der Waals surface area contributed by atoms with Crippen molar-refractivity contribution in [3.05, 3.63) is 58.8 Å². The van der Waals surface area contributed by atoms with E-state index >= 15 is 0 Å². The molecule has 0 spiro atoms. The van der Waals surface area contributed by atoms with Gasteiger partial charge in [-0.2, -0.15) is 5.10 Å². The van der Waals surface area contributed by atoms with Gasteiger partial charge in [0.05, 0.1) is 6.54 Å². The molecule has 0 radical (unpaired) electrons. The monoisotopic (exact) mass is 305 g/mol. The van der Waals surface area contributed by atoms with Crippen molar-refractivity contribution in [1.82, 2.24) is 15.1 Å². The van der Waals surface area contributed by atoms with Crippen molar-refractivity contribution in [2.75, 3.05) is 13.2 Å². The highest BCUT2D eigenvalue weighted by atomic mass is 19.1. The minimum absolute atomic E-state index is 0.237. The van der Waals surface area contributed by atoms with Gasteiger partial charge in [0.25, 0.3) is 5.56 Å². The van der Waals surface area contributed by atoms with Gasteiger partial charge in [-0.25, -0.2) is 9.07 Å². The zero-order valence-corrected chi connectivity index (χ0v) is 12.0. The Morgan fingerprint density at radius 3 is 2.77 bits per heavy atom. The van der Waals surface area contributed by atoms with Gasteiger partial charge in [-0.3, -0.25) is 9.59 Å². The lowest BCUT2D eigenvalue weighted by atomic mass is 10.3. The molecule has 0 saturated carbocycles. The van der Waals surface area contributed by atoms with Crippen molar-refractivity contribution in [1.29, 1.82) is 0 Å². The van der Waals surface area contributed by atoms with Crippen molar-refractivity contribution >= 4 is 5.91 Å². The zero-order chi connectivity index (χ0) is 15.9. The van der Waals surface area contributed by atoms with E-state index in [1.807, 2.05) is 0 Å². The van der Waals surface area contributed by atoms with Crippen LogP contribution >= 0.6 is 0 Å². The van der Waals surface area contributed by atoms with Gasteiger partial charge in [0.1, 0.15) is 24.2 Å². The van der Waals surface area contributed by atoms with Gasteiger partial charge in [0.2, 0.25) is 5.91 Å². The summed E-state index contributed by atoms with van der Waals surface area (Å²) in [4.78, 5) is 23.5. The summed E-state index contributed by atoms with van der Waals surface area (Å²) in [5.41, 5.74) is -0.340. The van der Waals surface area contributed by atoms with E-state index in [9.17, 15) is 14.0 Å². The molecule has 0 unspecified atom stereocenters. The summed E-state index contributed by atoms with van der Waals surface area (Å²) in [5, 5.41) is 6.51. The highest BCUT2D eigenvalue weighted by Gasteiger charge is 2.16. The van der Waals surface area contributed by atoms with Gasteiger partial charge in [-0.15, -0.1) is 0 Å². The van der Waals surface area contributed by atoms with Crippen LogP contribution in [0.2, 0.25) is 0 Å². The van der Waals surface area contributed by atoms with E-state index in [0.29, 0.717) is 5.75 Å². The largest absolute Gasteiger partial charge is 0.492 e. The SMILES string of the molecule is C[C@H](C(=O)NCCOc1ccc(F)cc1)n1ncccc1=O. The number of carbonyl (C=O) groups excluding carboxylic acids is 1. The molecule has 0 aliphatic carbocycles. The number of halogens is 1. The summed E-state index contributed by atoms with van der Waals surface area (Å²) in [6.45, 7) is 2.09. The number of amides is 1. The standard InChI is InChI=1S/C15H16FN3O3/c1-11(19-14(20)3-2-8-18-19)15(21)17-9-10-22-13-6-4-12(16)5-7-13/h2-8,11H,9-10H2,1H3,(H,17,21)/t11-/m1/s1. The second-order valence-corrected chi connectivity index (χ2v) is 4.58. The number of hydrogen-bond donors (Lipinski definition) is 1. The quantitative estimate of drug-likeness (QED) is 0.812. The molecule has 1 heterocycles. The average molecular weight is 305 g/mol. The molecule has 7 heteroatoms. The van der Waals surface area contributed by atoms with Crippen LogP contribution in [-0.2, 0) is 4.79 Å². The Hall–Kier alpha value is -2.70. The molecule has 0 bridgehead atoms. The molecule has 1 aromatic heterocycles. The molecule has 1 aromatic carbocycles. The normalized spacial score (nSPS) is 11.7. The molecule has 2 aromatic rings. The van der Waals surface area contributed by atoms with Crippen LogP contribution in [0.5, 0.6) is 5.75 Å². The molecule has 2 rings (SSSR count). The second kappa shape index (κ2) is 7.35. The van der Waals surface area contributed by atoms with Crippen molar-refractivity contribution < 1.29 is 13.9 Å².